The molecule has 0 unspecified atom stereocenters. The van der Waals surface area contributed by atoms with Gasteiger partial charge in [-0.15, -0.1) is 0 Å². The minimum absolute atomic E-state index is 0.257. The lowest BCUT2D eigenvalue weighted by molar-refractivity contribution is -0.190. The summed E-state index contributed by atoms with van der Waals surface area (Å²) in [5, 5.41) is 0. The van der Waals surface area contributed by atoms with Gasteiger partial charge >= 0.3 is 6.18 Å². The maximum Gasteiger partial charge on any atom is 0.413 e. The third-order valence-electron chi connectivity index (χ3n) is 1.53. The molecule has 0 aliphatic heterocycles. The molecule has 1 aromatic carbocycles. The molecule has 0 heterocycles. The summed E-state index contributed by atoms with van der Waals surface area (Å²) in [6.45, 7) is -1.02. The molecule has 0 radical (unpaired) electrons. The predicted molar refractivity (Wildman–Crippen MR) is 58.0 cm³/mol. The first-order valence-electron chi connectivity index (χ1n) is 4.13. The summed E-state index contributed by atoms with van der Waals surface area (Å²) in [5.74, 6) is 0. The fraction of sp³-hybridized carbons (Fsp3) is 0.333. The summed E-state index contributed by atoms with van der Waals surface area (Å²) in [6, 6.07) is 7.40. The van der Waals surface area contributed by atoms with E-state index < -0.39 is 12.8 Å². The van der Waals surface area contributed by atoms with Gasteiger partial charge in [-0.05, 0) is 40.3 Å². The third-order valence-corrected chi connectivity index (χ3v) is 2.25. The number of hydrogen-bond acceptors (Lipinski definition) is 2. The molecule has 0 aromatic heterocycles. The number of hydrogen-bond donors (Lipinski definition) is 1. The molecule has 6 heteroatoms. The highest BCUT2D eigenvalue weighted by Crippen LogP contribution is 2.13. The van der Waals surface area contributed by atoms with Gasteiger partial charge in [-0.1, -0.05) is 12.1 Å². The van der Waals surface area contributed by atoms with Crippen LogP contribution in [0.4, 0.5) is 13.2 Å². The highest BCUT2D eigenvalue weighted by Gasteiger charge is 2.27. The zero-order chi connectivity index (χ0) is 11.3. The fourth-order valence-corrected chi connectivity index (χ4v) is 1.23. The van der Waals surface area contributed by atoms with E-state index in [2.05, 4.69) is 32.9 Å². The van der Waals surface area contributed by atoms with Crippen molar-refractivity contribution in [3.05, 3.63) is 33.4 Å². The van der Waals surface area contributed by atoms with Crippen molar-refractivity contribution in [2.45, 2.75) is 12.7 Å². The van der Waals surface area contributed by atoms with Crippen molar-refractivity contribution in [2.75, 3.05) is 6.61 Å². The number of benzene rings is 1. The molecule has 0 bridgehead atoms. The Morgan fingerprint density at radius 2 is 1.80 bits per heavy atom. The number of alkyl halides is 3. The first-order chi connectivity index (χ1) is 6.97. The topological polar surface area (TPSA) is 21.3 Å². The molecular formula is C9H9F3INO. The second-order valence-corrected chi connectivity index (χ2v) is 4.10. The molecule has 0 aliphatic rings. The average molecular weight is 331 g/mol. The van der Waals surface area contributed by atoms with E-state index in [4.69, 9.17) is 0 Å². The maximum absolute atomic E-state index is 11.7. The summed E-state index contributed by atoms with van der Waals surface area (Å²) in [7, 11) is 0. The van der Waals surface area contributed by atoms with E-state index in [1.54, 1.807) is 0 Å². The van der Waals surface area contributed by atoms with Gasteiger partial charge in [0, 0.05) is 10.1 Å². The summed E-state index contributed by atoms with van der Waals surface area (Å²) < 4.78 is 36.1. The lowest BCUT2D eigenvalue weighted by Crippen LogP contribution is -2.24. The Balaban J connectivity index is 2.23. The molecule has 1 N–H and O–H groups in total. The standard InChI is InChI=1S/C9H9F3INO/c10-9(11,12)6-15-14-5-7-1-3-8(13)4-2-7/h1-4,14H,5-6H2. The summed E-state index contributed by atoms with van der Waals surface area (Å²) in [4.78, 5) is 4.26. The van der Waals surface area contributed by atoms with Crippen molar-refractivity contribution in [3.63, 3.8) is 0 Å². The van der Waals surface area contributed by atoms with Crippen LogP contribution in [0.5, 0.6) is 0 Å². The number of nitrogens with one attached hydrogen (secondary N) is 1. The van der Waals surface area contributed by atoms with E-state index >= 15 is 0 Å². The van der Waals surface area contributed by atoms with Gasteiger partial charge in [0.1, 0.15) is 0 Å². The Morgan fingerprint density at radius 1 is 1.20 bits per heavy atom. The smallest absolute Gasteiger partial charge is 0.292 e. The van der Waals surface area contributed by atoms with Crippen LogP contribution in [0.15, 0.2) is 24.3 Å². The van der Waals surface area contributed by atoms with Crippen LogP contribution in [0.2, 0.25) is 0 Å². The quantitative estimate of drug-likeness (QED) is 0.520. The molecule has 2 nitrogen and oxygen atoms in total. The Morgan fingerprint density at radius 3 is 2.33 bits per heavy atom. The van der Waals surface area contributed by atoms with E-state index in [9.17, 15) is 13.2 Å². The van der Waals surface area contributed by atoms with Crippen LogP contribution < -0.4 is 5.48 Å². The second-order valence-electron chi connectivity index (χ2n) is 2.85. The first-order valence-corrected chi connectivity index (χ1v) is 5.21. The Hall–Kier alpha value is -0.340. The molecule has 0 saturated carbocycles. The Labute approximate surface area is 98.9 Å². The lowest BCUT2D eigenvalue weighted by Gasteiger charge is -2.08. The van der Waals surface area contributed by atoms with E-state index in [0.717, 1.165) is 9.13 Å². The van der Waals surface area contributed by atoms with E-state index in [1.807, 2.05) is 24.3 Å². The minimum Gasteiger partial charge on any atom is -0.292 e. The van der Waals surface area contributed by atoms with Gasteiger partial charge in [-0.3, -0.25) is 4.84 Å². The van der Waals surface area contributed by atoms with Gasteiger partial charge in [-0.25, -0.2) is 0 Å². The van der Waals surface area contributed by atoms with E-state index in [1.165, 1.54) is 0 Å². The van der Waals surface area contributed by atoms with Crippen molar-refractivity contribution in [1.29, 1.82) is 0 Å². The van der Waals surface area contributed by atoms with Gasteiger partial charge in [0.05, 0.1) is 0 Å². The molecule has 0 atom stereocenters. The predicted octanol–water partition coefficient (Wildman–Crippen LogP) is 2.87. The lowest BCUT2D eigenvalue weighted by atomic mass is 10.2. The molecule has 0 saturated heterocycles. The Bertz CT molecular complexity index is 299. The zero-order valence-corrected chi connectivity index (χ0v) is 9.80. The number of halogens is 4. The van der Waals surface area contributed by atoms with Crippen LogP contribution in [0.25, 0.3) is 0 Å². The third kappa shape index (κ3) is 5.95. The second kappa shape index (κ2) is 5.66. The van der Waals surface area contributed by atoms with Crippen molar-refractivity contribution in [3.8, 4) is 0 Å². The Kier molecular flexibility index (Phi) is 4.81. The molecule has 0 aliphatic carbocycles. The summed E-state index contributed by atoms with van der Waals surface area (Å²) >= 11 is 2.15. The minimum atomic E-state index is -4.29. The van der Waals surface area contributed by atoms with Crippen molar-refractivity contribution in [2.24, 2.45) is 0 Å². The highest BCUT2D eigenvalue weighted by atomic mass is 127. The van der Waals surface area contributed by atoms with E-state index in [-0.39, 0.29) is 6.54 Å². The number of hydroxylamine groups is 1. The SMILES string of the molecule is FC(F)(F)CONCc1ccc(I)cc1. The van der Waals surface area contributed by atoms with Gasteiger partial charge in [0.15, 0.2) is 6.61 Å². The van der Waals surface area contributed by atoms with Crippen molar-refractivity contribution >= 4 is 22.6 Å². The zero-order valence-electron chi connectivity index (χ0n) is 7.64. The summed E-state index contributed by atoms with van der Waals surface area (Å²) in [5.41, 5.74) is 3.13. The largest absolute Gasteiger partial charge is 0.413 e. The van der Waals surface area contributed by atoms with E-state index in [0.29, 0.717) is 0 Å². The highest BCUT2D eigenvalue weighted by molar-refractivity contribution is 14.1. The molecule has 1 aromatic rings. The average Bonchev–Trinajstić information content (AvgIpc) is 2.14. The van der Waals surface area contributed by atoms with Crippen molar-refractivity contribution in [1.82, 2.24) is 5.48 Å². The molecule has 1 rings (SSSR count). The van der Waals surface area contributed by atoms with Crippen LogP contribution in [-0.4, -0.2) is 12.8 Å². The maximum atomic E-state index is 11.7. The van der Waals surface area contributed by atoms with Gasteiger partial charge < -0.3 is 0 Å². The summed E-state index contributed by atoms with van der Waals surface area (Å²) in [6.07, 6.45) is -4.29. The van der Waals surface area contributed by atoms with Gasteiger partial charge in [0.25, 0.3) is 0 Å². The molecule has 0 spiro atoms. The van der Waals surface area contributed by atoms with Crippen LogP contribution in [0, 0.1) is 3.57 Å². The normalized spacial score (nSPS) is 11.7. The molecule has 84 valence electrons. The molecular weight excluding hydrogens is 322 g/mol. The van der Waals surface area contributed by atoms with Crippen LogP contribution in [0.1, 0.15) is 5.56 Å². The van der Waals surface area contributed by atoms with Crippen molar-refractivity contribution < 1.29 is 18.0 Å². The molecule has 0 fully saturated rings. The number of rotatable bonds is 4. The van der Waals surface area contributed by atoms with Crippen LogP contribution in [0.3, 0.4) is 0 Å². The molecule has 15 heavy (non-hydrogen) atoms. The van der Waals surface area contributed by atoms with Crippen LogP contribution in [-0.2, 0) is 11.4 Å². The van der Waals surface area contributed by atoms with Gasteiger partial charge in [-0.2, -0.15) is 18.7 Å². The monoisotopic (exact) mass is 331 g/mol. The fourth-order valence-electron chi connectivity index (χ4n) is 0.869. The molecule has 0 amide bonds. The van der Waals surface area contributed by atoms with Gasteiger partial charge in [0.2, 0.25) is 0 Å². The first kappa shape index (κ1) is 12.7. The van der Waals surface area contributed by atoms with Crippen LogP contribution >= 0.6 is 22.6 Å².